The van der Waals surface area contributed by atoms with E-state index in [9.17, 15) is 4.39 Å². The molecule has 0 fully saturated rings. The van der Waals surface area contributed by atoms with Crippen LogP contribution in [0.25, 0.3) is 11.0 Å². The summed E-state index contributed by atoms with van der Waals surface area (Å²) < 4.78 is 15.9. The Hall–Kier alpha value is -1.95. The van der Waals surface area contributed by atoms with Crippen molar-refractivity contribution in [3.63, 3.8) is 0 Å². The molecule has 0 radical (unpaired) electrons. The summed E-state index contributed by atoms with van der Waals surface area (Å²) in [4.78, 5) is 8.59. The fraction of sp³-hybridized carbons (Fsp3) is 0.143. The Kier molecular flexibility index (Phi) is 3.17. The predicted octanol–water partition coefficient (Wildman–Crippen LogP) is 3.52. The first-order chi connectivity index (χ1) is 9.58. The fourth-order valence-electron chi connectivity index (χ4n) is 2.27. The molecule has 0 aliphatic heterocycles. The van der Waals surface area contributed by atoms with Gasteiger partial charge >= 0.3 is 0 Å². The molecule has 2 aromatic heterocycles. The average Bonchev–Trinajstić information content (AvgIpc) is 2.75. The highest BCUT2D eigenvalue weighted by atomic mass is 79.9. The summed E-state index contributed by atoms with van der Waals surface area (Å²) in [7, 11) is 0. The van der Waals surface area contributed by atoms with Crippen molar-refractivity contribution in [3.05, 3.63) is 52.5 Å². The number of nitrogens with zero attached hydrogens (tertiary/aromatic N) is 3. The van der Waals surface area contributed by atoms with Crippen LogP contribution in [0.3, 0.4) is 0 Å². The van der Waals surface area contributed by atoms with Crippen LogP contribution < -0.4 is 5.73 Å². The third-order valence-electron chi connectivity index (χ3n) is 3.26. The quantitative estimate of drug-likeness (QED) is 0.779. The Labute approximate surface area is 123 Å². The first kappa shape index (κ1) is 13.1. The Morgan fingerprint density at radius 1 is 1.35 bits per heavy atom. The highest BCUT2D eigenvalue weighted by molar-refractivity contribution is 9.10. The number of nitrogen functional groups attached to an aromatic ring is 1. The molecule has 3 rings (SSSR count). The Bertz CT molecular complexity index is 770. The number of nitrogens with two attached hydrogens (primary N) is 1. The van der Waals surface area contributed by atoms with Gasteiger partial charge < -0.3 is 10.3 Å². The van der Waals surface area contributed by atoms with Gasteiger partial charge in [0.05, 0.1) is 27.2 Å². The van der Waals surface area contributed by atoms with E-state index in [4.69, 9.17) is 5.73 Å². The highest BCUT2D eigenvalue weighted by Crippen LogP contribution is 2.29. The SMILES string of the molecule is CC(c1ccccn1)n1c(N)nc2cc(Br)c(F)cc21. The standard InChI is InChI=1S/C14H12BrFN4/c1-8(11-4-2-3-5-18-11)20-13-7-10(16)9(15)6-12(13)19-14(20)17/h2-8H,1H3,(H2,17,19). The lowest BCUT2D eigenvalue weighted by Gasteiger charge is -2.15. The molecule has 0 aliphatic rings. The average molecular weight is 335 g/mol. The van der Waals surface area contributed by atoms with Crippen LogP contribution in [0.15, 0.2) is 41.0 Å². The summed E-state index contributed by atoms with van der Waals surface area (Å²) in [6.07, 6.45) is 1.72. The Morgan fingerprint density at radius 2 is 2.15 bits per heavy atom. The smallest absolute Gasteiger partial charge is 0.201 e. The zero-order valence-corrected chi connectivity index (χ0v) is 12.3. The first-order valence-corrected chi connectivity index (χ1v) is 6.90. The van der Waals surface area contributed by atoms with E-state index in [0.717, 1.165) is 5.69 Å². The molecular formula is C14H12BrFN4. The van der Waals surface area contributed by atoms with Crippen molar-refractivity contribution in [2.45, 2.75) is 13.0 Å². The number of anilines is 1. The van der Waals surface area contributed by atoms with E-state index in [1.165, 1.54) is 6.07 Å². The van der Waals surface area contributed by atoms with Gasteiger partial charge in [0, 0.05) is 12.3 Å². The van der Waals surface area contributed by atoms with Gasteiger partial charge in [-0.2, -0.15) is 0 Å². The van der Waals surface area contributed by atoms with Gasteiger partial charge in [-0.3, -0.25) is 4.98 Å². The zero-order chi connectivity index (χ0) is 14.3. The molecule has 0 amide bonds. The van der Waals surface area contributed by atoms with Gasteiger partial charge in [0.15, 0.2) is 0 Å². The molecule has 2 N–H and O–H groups in total. The summed E-state index contributed by atoms with van der Waals surface area (Å²) in [6, 6.07) is 8.60. The van der Waals surface area contributed by atoms with E-state index in [0.29, 0.717) is 21.5 Å². The van der Waals surface area contributed by atoms with Crippen LogP contribution in [0.2, 0.25) is 0 Å². The summed E-state index contributed by atoms with van der Waals surface area (Å²) in [6.45, 7) is 1.96. The summed E-state index contributed by atoms with van der Waals surface area (Å²) >= 11 is 3.15. The van der Waals surface area contributed by atoms with Crippen molar-refractivity contribution in [1.82, 2.24) is 14.5 Å². The molecule has 0 aliphatic carbocycles. The maximum absolute atomic E-state index is 13.8. The maximum Gasteiger partial charge on any atom is 0.201 e. The number of hydrogen-bond acceptors (Lipinski definition) is 3. The molecule has 3 aromatic rings. The number of imidazole rings is 1. The van der Waals surface area contributed by atoms with Crippen molar-refractivity contribution in [1.29, 1.82) is 0 Å². The fourth-order valence-corrected chi connectivity index (χ4v) is 2.60. The number of hydrogen-bond donors (Lipinski definition) is 1. The first-order valence-electron chi connectivity index (χ1n) is 6.11. The number of benzene rings is 1. The summed E-state index contributed by atoms with van der Waals surface area (Å²) in [5.74, 6) is 0.00234. The molecule has 0 saturated heterocycles. The molecule has 2 heterocycles. The molecule has 0 saturated carbocycles. The topological polar surface area (TPSA) is 56.7 Å². The van der Waals surface area contributed by atoms with Crippen LogP contribution in [0.1, 0.15) is 18.7 Å². The van der Waals surface area contributed by atoms with E-state index in [1.54, 1.807) is 16.8 Å². The number of fused-ring (bicyclic) bond motifs is 1. The molecule has 20 heavy (non-hydrogen) atoms. The molecule has 4 nitrogen and oxygen atoms in total. The lowest BCUT2D eigenvalue weighted by Crippen LogP contribution is -2.11. The van der Waals surface area contributed by atoms with E-state index in [2.05, 4.69) is 25.9 Å². The molecule has 102 valence electrons. The number of halogens is 2. The highest BCUT2D eigenvalue weighted by Gasteiger charge is 2.17. The molecule has 0 spiro atoms. The van der Waals surface area contributed by atoms with Crippen molar-refractivity contribution in [2.24, 2.45) is 0 Å². The van der Waals surface area contributed by atoms with Crippen LogP contribution in [0.4, 0.5) is 10.3 Å². The van der Waals surface area contributed by atoms with Gasteiger partial charge in [0.1, 0.15) is 5.82 Å². The van der Waals surface area contributed by atoms with Gasteiger partial charge in [-0.1, -0.05) is 6.07 Å². The van der Waals surface area contributed by atoms with Crippen LogP contribution in [-0.2, 0) is 0 Å². The second-order valence-electron chi connectivity index (χ2n) is 4.53. The summed E-state index contributed by atoms with van der Waals surface area (Å²) in [5.41, 5.74) is 8.13. The third kappa shape index (κ3) is 2.06. The van der Waals surface area contributed by atoms with E-state index in [-0.39, 0.29) is 11.9 Å². The minimum Gasteiger partial charge on any atom is -0.369 e. The Balaban J connectivity index is 2.21. The van der Waals surface area contributed by atoms with Crippen molar-refractivity contribution >= 4 is 32.9 Å². The molecule has 1 aromatic carbocycles. The minimum atomic E-state index is -0.341. The summed E-state index contributed by atoms with van der Waals surface area (Å²) in [5, 5.41) is 0. The molecular weight excluding hydrogens is 323 g/mol. The number of rotatable bonds is 2. The third-order valence-corrected chi connectivity index (χ3v) is 3.87. The van der Waals surface area contributed by atoms with Gasteiger partial charge in [0.2, 0.25) is 5.95 Å². The van der Waals surface area contributed by atoms with Crippen LogP contribution in [0, 0.1) is 5.82 Å². The van der Waals surface area contributed by atoms with Gasteiger partial charge in [-0.15, -0.1) is 0 Å². The largest absolute Gasteiger partial charge is 0.369 e. The van der Waals surface area contributed by atoms with Crippen molar-refractivity contribution < 1.29 is 4.39 Å². The second-order valence-corrected chi connectivity index (χ2v) is 5.38. The molecule has 6 heteroatoms. The Morgan fingerprint density at radius 3 is 2.85 bits per heavy atom. The van der Waals surface area contributed by atoms with Gasteiger partial charge in [-0.25, -0.2) is 9.37 Å². The van der Waals surface area contributed by atoms with Crippen LogP contribution >= 0.6 is 15.9 Å². The lowest BCUT2D eigenvalue weighted by molar-refractivity contribution is 0.616. The number of pyridine rings is 1. The van der Waals surface area contributed by atoms with E-state index < -0.39 is 0 Å². The van der Waals surface area contributed by atoms with Gasteiger partial charge in [0.25, 0.3) is 0 Å². The van der Waals surface area contributed by atoms with Gasteiger partial charge in [-0.05, 0) is 41.1 Å². The normalized spacial score (nSPS) is 12.8. The van der Waals surface area contributed by atoms with Crippen molar-refractivity contribution in [2.75, 3.05) is 5.73 Å². The minimum absolute atomic E-state index is 0.123. The van der Waals surface area contributed by atoms with Crippen LogP contribution in [-0.4, -0.2) is 14.5 Å². The lowest BCUT2D eigenvalue weighted by atomic mass is 10.2. The van der Waals surface area contributed by atoms with E-state index >= 15 is 0 Å². The molecule has 1 atom stereocenters. The zero-order valence-electron chi connectivity index (χ0n) is 10.7. The number of aromatic nitrogens is 3. The van der Waals surface area contributed by atoms with E-state index in [1.807, 2.05) is 25.1 Å². The van der Waals surface area contributed by atoms with Crippen molar-refractivity contribution in [3.8, 4) is 0 Å². The van der Waals surface area contributed by atoms with Crippen LogP contribution in [0.5, 0.6) is 0 Å². The molecule has 0 bridgehead atoms. The second kappa shape index (κ2) is 4.86. The monoisotopic (exact) mass is 334 g/mol. The predicted molar refractivity (Wildman–Crippen MR) is 79.9 cm³/mol. The molecule has 1 unspecified atom stereocenters. The maximum atomic E-state index is 13.8.